The number of hydrogen-bond acceptors (Lipinski definition) is 4. The van der Waals surface area contributed by atoms with Gasteiger partial charge >= 0.3 is 0 Å². The molecule has 27 heavy (non-hydrogen) atoms. The van der Waals surface area contributed by atoms with Crippen molar-refractivity contribution in [2.24, 2.45) is 11.8 Å². The summed E-state index contributed by atoms with van der Waals surface area (Å²) in [4.78, 5) is 15.2. The number of amides is 1. The van der Waals surface area contributed by atoms with Gasteiger partial charge in [0, 0.05) is 19.2 Å². The van der Waals surface area contributed by atoms with Crippen LogP contribution in [0.15, 0.2) is 12.1 Å². The van der Waals surface area contributed by atoms with Gasteiger partial charge < -0.3 is 20.7 Å². The maximum atomic E-state index is 12.6. The number of hydrogen-bond donors (Lipinski definition) is 2. The van der Waals surface area contributed by atoms with Crippen molar-refractivity contribution in [1.82, 2.24) is 10.2 Å². The highest BCUT2D eigenvalue weighted by molar-refractivity contribution is 6.33. The van der Waals surface area contributed by atoms with Gasteiger partial charge in [-0.15, -0.1) is 0 Å². The average molecular weight is 394 g/mol. The van der Waals surface area contributed by atoms with Gasteiger partial charge in [0.1, 0.15) is 5.75 Å². The lowest BCUT2D eigenvalue weighted by Crippen LogP contribution is -2.40. The van der Waals surface area contributed by atoms with E-state index in [1.54, 1.807) is 12.1 Å². The smallest absolute Gasteiger partial charge is 0.255 e. The molecular formula is C21H32ClN3O2. The number of methoxy groups -OCH3 is 1. The van der Waals surface area contributed by atoms with Gasteiger partial charge in [0.25, 0.3) is 5.91 Å². The van der Waals surface area contributed by atoms with Crippen molar-refractivity contribution in [3.63, 3.8) is 0 Å². The highest BCUT2D eigenvalue weighted by Gasteiger charge is 2.23. The second-order valence-corrected chi connectivity index (χ2v) is 8.44. The first-order valence-corrected chi connectivity index (χ1v) is 10.6. The molecule has 150 valence electrons. The number of benzene rings is 1. The van der Waals surface area contributed by atoms with Gasteiger partial charge in [-0.2, -0.15) is 0 Å². The predicted octanol–water partition coefficient (Wildman–Crippen LogP) is 3.95. The minimum atomic E-state index is -0.154. The van der Waals surface area contributed by atoms with Crippen molar-refractivity contribution >= 4 is 23.2 Å². The summed E-state index contributed by atoms with van der Waals surface area (Å²) in [5, 5.41) is 3.42. The Balaban J connectivity index is 1.44. The van der Waals surface area contributed by atoms with Crippen LogP contribution >= 0.6 is 11.6 Å². The van der Waals surface area contributed by atoms with Crippen LogP contribution in [0.4, 0.5) is 5.69 Å². The van der Waals surface area contributed by atoms with E-state index in [-0.39, 0.29) is 5.91 Å². The molecule has 0 atom stereocenters. The number of nitrogen functional groups attached to an aromatic ring is 1. The van der Waals surface area contributed by atoms with Gasteiger partial charge in [-0.25, -0.2) is 0 Å². The lowest BCUT2D eigenvalue weighted by molar-refractivity contribution is 0.0928. The summed E-state index contributed by atoms with van der Waals surface area (Å²) in [6, 6.07) is 3.18. The Bertz CT molecular complexity index is 639. The van der Waals surface area contributed by atoms with E-state index in [0.717, 1.165) is 31.8 Å². The number of carbonyl (C=O) groups excluding carboxylic acids is 1. The van der Waals surface area contributed by atoms with Crippen molar-refractivity contribution in [2.45, 2.75) is 44.9 Å². The van der Waals surface area contributed by atoms with Crippen LogP contribution in [0.2, 0.25) is 5.02 Å². The standard InChI is InChI=1S/C21H32ClN3O2/c1-27-20-12-19(23)18(22)11-17(20)21(26)24-13-15-7-9-25(10-8-15)14-16-5-3-2-4-6-16/h11-12,15-16H,2-10,13-14,23H2,1H3,(H,24,26). The second-order valence-electron chi connectivity index (χ2n) is 8.03. The van der Waals surface area contributed by atoms with Crippen molar-refractivity contribution in [1.29, 1.82) is 0 Å². The van der Waals surface area contributed by atoms with E-state index >= 15 is 0 Å². The van der Waals surface area contributed by atoms with Crippen LogP contribution in [0.3, 0.4) is 0 Å². The average Bonchev–Trinajstić information content (AvgIpc) is 2.69. The molecule has 1 saturated heterocycles. The van der Waals surface area contributed by atoms with Gasteiger partial charge in [-0.3, -0.25) is 4.79 Å². The highest BCUT2D eigenvalue weighted by atomic mass is 35.5. The molecular weight excluding hydrogens is 362 g/mol. The molecule has 1 aromatic rings. The summed E-state index contributed by atoms with van der Waals surface area (Å²) < 4.78 is 5.27. The molecule has 0 bridgehead atoms. The maximum Gasteiger partial charge on any atom is 0.255 e. The molecule has 1 aromatic carbocycles. The zero-order valence-corrected chi connectivity index (χ0v) is 17.1. The largest absolute Gasteiger partial charge is 0.496 e. The molecule has 3 N–H and O–H groups in total. The maximum absolute atomic E-state index is 12.6. The van der Waals surface area contributed by atoms with E-state index in [4.69, 9.17) is 22.1 Å². The van der Waals surface area contributed by atoms with Crippen LogP contribution in [0.1, 0.15) is 55.3 Å². The SMILES string of the molecule is COc1cc(N)c(Cl)cc1C(=O)NCC1CCN(CC2CCCCC2)CC1. The van der Waals surface area contributed by atoms with Crippen LogP contribution in [0, 0.1) is 11.8 Å². The Morgan fingerprint density at radius 1 is 1.19 bits per heavy atom. The summed E-state index contributed by atoms with van der Waals surface area (Å²) in [7, 11) is 1.53. The van der Waals surface area contributed by atoms with E-state index in [1.165, 1.54) is 45.8 Å². The minimum Gasteiger partial charge on any atom is -0.496 e. The summed E-state index contributed by atoms with van der Waals surface area (Å²) in [5.74, 6) is 1.74. The first kappa shape index (κ1) is 20.3. The molecule has 1 amide bonds. The first-order chi connectivity index (χ1) is 13.1. The van der Waals surface area contributed by atoms with E-state index in [1.807, 2.05) is 0 Å². The molecule has 0 aromatic heterocycles. The fraction of sp³-hybridized carbons (Fsp3) is 0.667. The normalized spacial score (nSPS) is 19.8. The quantitative estimate of drug-likeness (QED) is 0.718. The van der Waals surface area contributed by atoms with Crippen LogP contribution in [0.25, 0.3) is 0 Å². The summed E-state index contributed by atoms with van der Waals surface area (Å²) >= 11 is 6.07. The number of ether oxygens (including phenoxy) is 1. The third kappa shape index (κ3) is 5.52. The topological polar surface area (TPSA) is 67.6 Å². The Labute approximate surface area is 167 Å². The molecule has 2 aliphatic rings. The molecule has 1 aliphatic carbocycles. The van der Waals surface area contributed by atoms with E-state index < -0.39 is 0 Å². The fourth-order valence-electron chi connectivity index (χ4n) is 4.36. The molecule has 0 spiro atoms. The molecule has 5 nitrogen and oxygen atoms in total. The number of nitrogens with zero attached hydrogens (tertiary/aromatic N) is 1. The number of rotatable bonds is 6. The lowest BCUT2D eigenvalue weighted by atomic mass is 9.88. The monoisotopic (exact) mass is 393 g/mol. The first-order valence-electron chi connectivity index (χ1n) is 10.2. The minimum absolute atomic E-state index is 0.154. The lowest BCUT2D eigenvalue weighted by Gasteiger charge is -2.35. The van der Waals surface area contributed by atoms with Gasteiger partial charge in [0.15, 0.2) is 0 Å². The predicted molar refractivity (Wildman–Crippen MR) is 110 cm³/mol. The Kier molecular flexibility index (Phi) is 7.25. The fourth-order valence-corrected chi connectivity index (χ4v) is 4.52. The van der Waals surface area contributed by atoms with E-state index in [0.29, 0.717) is 34.5 Å². The van der Waals surface area contributed by atoms with Crippen LogP contribution < -0.4 is 15.8 Å². The van der Waals surface area contributed by atoms with Crippen molar-refractivity contribution in [3.05, 3.63) is 22.7 Å². The van der Waals surface area contributed by atoms with Gasteiger partial charge in [-0.1, -0.05) is 30.9 Å². The van der Waals surface area contributed by atoms with E-state index in [9.17, 15) is 4.79 Å². The number of carbonyl (C=O) groups is 1. The van der Waals surface area contributed by atoms with Crippen LogP contribution in [0.5, 0.6) is 5.75 Å². The summed E-state index contributed by atoms with van der Waals surface area (Å²) in [5.41, 5.74) is 6.64. The Morgan fingerprint density at radius 3 is 2.56 bits per heavy atom. The Morgan fingerprint density at radius 2 is 1.89 bits per heavy atom. The Hall–Kier alpha value is -1.46. The van der Waals surface area contributed by atoms with Gasteiger partial charge in [0.2, 0.25) is 0 Å². The van der Waals surface area contributed by atoms with Crippen molar-refractivity contribution in [2.75, 3.05) is 39.0 Å². The molecule has 3 rings (SSSR count). The number of halogens is 1. The third-order valence-corrected chi connectivity index (χ3v) is 6.39. The van der Waals surface area contributed by atoms with Crippen molar-refractivity contribution in [3.8, 4) is 5.75 Å². The summed E-state index contributed by atoms with van der Waals surface area (Å²) in [6.07, 6.45) is 9.34. The third-order valence-electron chi connectivity index (χ3n) is 6.06. The van der Waals surface area contributed by atoms with Gasteiger partial charge in [-0.05, 0) is 56.7 Å². The molecule has 1 saturated carbocycles. The number of likely N-dealkylation sites (tertiary alicyclic amines) is 1. The van der Waals surface area contributed by atoms with Crippen molar-refractivity contribution < 1.29 is 9.53 Å². The van der Waals surface area contributed by atoms with Gasteiger partial charge in [0.05, 0.1) is 23.4 Å². The summed E-state index contributed by atoms with van der Waals surface area (Å²) in [6.45, 7) is 4.25. The second kappa shape index (κ2) is 9.65. The number of anilines is 1. The molecule has 6 heteroatoms. The number of piperidine rings is 1. The zero-order chi connectivity index (χ0) is 19.2. The molecule has 0 radical (unpaired) electrons. The molecule has 0 unspecified atom stereocenters. The van der Waals surface area contributed by atoms with Crippen LogP contribution in [-0.2, 0) is 0 Å². The van der Waals surface area contributed by atoms with Crippen LogP contribution in [-0.4, -0.2) is 44.1 Å². The zero-order valence-electron chi connectivity index (χ0n) is 16.3. The molecule has 1 aliphatic heterocycles. The number of nitrogens with one attached hydrogen (secondary N) is 1. The number of nitrogens with two attached hydrogens (primary N) is 1. The molecule has 2 fully saturated rings. The van der Waals surface area contributed by atoms with E-state index in [2.05, 4.69) is 10.2 Å². The molecule has 1 heterocycles. The highest BCUT2D eigenvalue weighted by Crippen LogP contribution is 2.29.